The third-order valence-corrected chi connectivity index (χ3v) is 2.77. The highest BCUT2D eigenvalue weighted by Crippen LogP contribution is 2.25. The fourth-order valence-electron chi connectivity index (χ4n) is 1.82. The molecule has 1 N–H and O–H groups in total. The molecular weight excluding hydrogens is 188 g/mol. The van der Waals surface area contributed by atoms with Crippen LogP contribution < -0.4 is 5.32 Å². The lowest BCUT2D eigenvalue weighted by molar-refractivity contribution is -0.114. The number of hydrogen-bond acceptors (Lipinski definition) is 3. The van der Waals surface area contributed by atoms with Crippen LogP contribution in [-0.2, 0) is 11.2 Å². The van der Waals surface area contributed by atoms with Crippen LogP contribution in [-0.4, -0.2) is 17.8 Å². The Labute approximate surface area is 89.2 Å². The van der Waals surface area contributed by atoms with Gasteiger partial charge in [-0.2, -0.15) is 0 Å². The summed E-state index contributed by atoms with van der Waals surface area (Å²) in [7, 11) is 1.85. The van der Waals surface area contributed by atoms with Gasteiger partial charge in [0.15, 0.2) is 5.78 Å². The minimum Gasteiger partial charge on any atom is -0.373 e. The predicted molar refractivity (Wildman–Crippen MR) is 60.9 cm³/mol. The van der Waals surface area contributed by atoms with Gasteiger partial charge in [0.2, 0.25) is 0 Å². The average Bonchev–Trinajstić information content (AvgIpc) is 2.21. The third-order valence-electron chi connectivity index (χ3n) is 2.77. The Kier molecular flexibility index (Phi) is 2.31. The van der Waals surface area contributed by atoms with Crippen molar-refractivity contribution in [2.75, 3.05) is 12.4 Å². The van der Waals surface area contributed by atoms with E-state index in [-0.39, 0.29) is 5.78 Å². The summed E-state index contributed by atoms with van der Waals surface area (Å²) in [5, 5.41) is 3.02. The molecule has 1 aliphatic carbocycles. The Morgan fingerprint density at radius 1 is 1.40 bits per heavy atom. The Morgan fingerprint density at radius 2 is 2.13 bits per heavy atom. The minimum absolute atomic E-state index is 0.199. The minimum atomic E-state index is 0.199. The normalized spacial score (nSPS) is 14.6. The summed E-state index contributed by atoms with van der Waals surface area (Å²) in [5.74, 6) is 1.05. The molecule has 0 fully saturated rings. The van der Waals surface area contributed by atoms with Crippen LogP contribution in [0.15, 0.2) is 11.6 Å². The summed E-state index contributed by atoms with van der Waals surface area (Å²) in [6.07, 6.45) is 2.43. The maximum Gasteiger partial charge on any atom is 0.163 e. The number of carbonyl (C=O) groups is 1. The van der Waals surface area contributed by atoms with E-state index >= 15 is 0 Å². The Morgan fingerprint density at radius 3 is 2.80 bits per heavy atom. The number of aromatic nitrogens is 1. The number of nitrogens with one attached hydrogen (secondary N) is 1. The van der Waals surface area contributed by atoms with E-state index in [1.165, 1.54) is 0 Å². The lowest BCUT2D eigenvalue weighted by atomic mass is 9.91. The maximum atomic E-state index is 11.6. The van der Waals surface area contributed by atoms with Crippen LogP contribution in [0.3, 0.4) is 0 Å². The highest BCUT2D eigenvalue weighted by Gasteiger charge is 2.18. The van der Waals surface area contributed by atoms with Gasteiger partial charge in [-0.3, -0.25) is 4.79 Å². The number of carbonyl (C=O) groups excluding carboxylic acids is 1. The topological polar surface area (TPSA) is 42.0 Å². The molecule has 1 aliphatic rings. The van der Waals surface area contributed by atoms with Gasteiger partial charge in [0, 0.05) is 19.2 Å². The van der Waals surface area contributed by atoms with Gasteiger partial charge in [-0.05, 0) is 42.7 Å². The first kappa shape index (κ1) is 9.90. The van der Waals surface area contributed by atoms with E-state index in [2.05, 4.69) is 10.3 Å². The number of allylic oxidation sites excluding steroid dienone is 1. The first-order chi connectivity index (χ1) is 7.11. The lowest BCUT2D eigenvalue weighted by Crippen LogP contribution is -2.13. The number of ketones is 1. The molecule has 0 saturated heterocycles. The number of pyridine rings is 1. The fourth-order valence-corrected chi connectivity index (χ4v) is 1.82. The molecule has 0 aromatic carbocycles. The van der Waals surface area contributed by atoms with Crippen LogP contribution >= 0.6 is 0 Å². The number of hydrogen-bond donors (Lipinski definition) is 1. The van der Waals surface area contributed by atoms with Crippen LogP contribution in [0, 0.1) is 6.92 Å². The van der Waals surface area contributed by atoms with Crippen molar-refractivity contribution in [2.24, 2.45) is 0 Å². The molecule has 0 amide bonds. The Bertz CT molecular complexity index is 461. The van der Waals surface area contributed by atoms with Crippen LogP contribution in [0.1, 0.15) is 23.7 Å². The van der Waals surface area contributed by atoms with E-state index in [0.29, 0.717) is 6.42 Å². The molecule has 2 rings (SSSR count). The van der Waals surface area contributed by atoms with Crippen molar-refractivity contribution < 1.29 is 4.79 Å². The quantitative estimate of drug-likeness (QED) is 0.757. The molecule has 0 bridgehead atoms. The molecule has 1 heterocycles. The number of rotatable bonds is 1. The molecule has 15 heavy (non-hydrogen) atoms. The van der Waals surface area contributed by atoms with Gasteiger partial charge in [0.05, 0.1) is 0 Å². The van der Waals surface area contributed by atoms with E-state index in [0.717, 1.165) is 28.2 Å². The fraction of sp³-hybridized carbons (Fsp3) is 0.333. The maximum absolute atomic E-state index is 11.6. The van der Waals surface area contributed by atoms with Gasteiger partial charge >= 0.3 is 0 Å². The highest BCUT2D eigenvalue weighted by atomic mass is 16.1. The molecule has 3 heteroatoms. The second-order valence-corrected chi connectivity index (χ2v) is 3.84. The van der Waals surface area contributed by atoms with Gasteiger partial charge in [0.25, 0.3) is 0 Å². The molecule has 78 valence electrons. The monoisotopic (exact) mass is 202 g/mol. The zero-order chi connectivity index (χ0) is 11.0. The average molecular weight is 202 g/mol. The molecule has 1 aromatic rings. The lowest BCUT2D eigenvalue weighted by Gasteiger charge is -2.16. The van der Waals surface area contributed by atoms with E-state index < -0.39 is 0 Å². The summed E-state index contributed by atoms with van der Waals surface area (Å²) in [5.41, 5.74) is 3.94. The van der Waals surface area contributed by atoms with Gasteiger partial charge in [-0.15, -0.1) is 0 Å². The number of fused-ring (bicyclic) bond motifs is 1. The van der Waals surface area contributed by atoms with Crippen molar-refractivity contribution in [3.63, 3.8) is 0 Å². The molecular formula is C12H14N2O. The van der Waals surface area contributed by atoms with Crippen molar-refractivity contribution in [2.45, 2.75) is 20.3 Å². The Balaban J connectivity index is 2.60. The second kappa shape index (κ2) is 3.50. The van der Waals surface area contributed by atoms with Gasteiger partial charge < -0.3 is 5.32 Å². The molecule has 0 aliphatic heterocycles. The number of anilines is 1. The number of aryl methyl sites for hydroxylation is 1. The molecule has 0 radical (unpaired) electrons. The van der Waals surface area contributed by atoms with Crippen molar-refractivity contribution in [3.8, 4) is 0 Å². The summed E-state index contributed by atoms with van der Waals surface area (Å²) >= 11 is 0. The third kappa shape index (κ3) is 1.65. The molecule has 0 spiro atoms. The molecule has 3 nitrogen and oxygen atoms in total. The highest BCUT2D eigenvalue weighted by molar-refractivity contribution is 6.03. The van der Waals surface area contributed by atoms with E-state index in [4.69, 9.17) is 0 Å². The van der Waals surface area contributed by atoms with Crippen LogP contribution in [0.2, 0.25) is 0 Å². The summed E-state index contributed by atoms with van der Waals surface area (Å²) in [4.78, 5) is 15.9. The predicted octanol–water partition coefficient (Wildman–Crippen LogP) is 1.96. The van der Waals surface area contributed by atoms with Gasteiger partial charge in [-0.25, -0.2) is 4.98 Å². The van der Waals surface area contributed by atoms with Crippen molar-refractivity contribution in [1.82, 2.24) is 4.98 Å². The van der Waals surface area contributed by atoms with E-state index in [1.54, 1.807) is 0 Å². The summed E-state index contributed by atoms with van der Waals surface area (Å²) in [6, 6.07) is 1.98. The molecule has 1 aromatic heterocycles. The van der Waals surface area contributed by atoms with Crippen molar-refractivity contribution >= 4 is 17.7 Å². The van der Waals surface area contributed by atoms with Crippen LogP contribution in [0.5, 0.6) is 0 Å². The summed E-state index contributed by atoms with van der Waals surface area (Å²) in [6.45, 7) is 3.81. The number of Topliss-reactive ketones (excluding diaryl/α,β-unsaturated/α-hetero) is 1. The molecule has 0 atom stereocenters. The van der Waals surface area contributed by atoms with E-state index in [9.17, 15) is 4.79 Å². The first-order valence-corrected chi connectivity index (χ1v) is 5.01. The first-order valence-electron chi connectivity index (χ1n) is 5.01. The largest absolute Gasteiger partial charge is 0.373 e. The molecule has 0 saturated carbocycles. The van der Waals surface area contributed by atoms with Crippen molar-refractivity contribution in [3.05, 3.63) is 28.5 Å². The zero-order valence-corrected chi connectivity index (χ0v) is 9.22. The van der Waals surface area contributed by atoms with Crippen molar-refractivity contribution in [1.29, 1.82) is 0 Å². The van der Waals surface area contributed by atoms with Crippen LogP contribution in [0.25, 0.3) is 6.08 Å². The van der Waals surface area contributed by atoms with Crippen LogP contribution in [0.4, 0.5) is 5.82 Å². The molecule has 0 unspecified atom stereocenters. The zero-order valence-electron chi connectivity index (χ0n) is 9.22. The standard InChI is InChI=1S/C12H14N2O/c1-7-4-9-5-12(13-3)14-8(2)10(9)6-11(7)15/h4-5H,6H2,1-3H3,(H,13,14). The SMILES string of the molecule is CNc1cc2c(c(C)n1)CC(=O)C(C)=C2. The smallest absolute Gasteiger partial charge is 0.163 e. The van der Waals surface area contributed by atoms with Gasteiger partial charge in [-0.1, -0.05) is 0 Å². The second-order valence-electron chi connectivity index (χ2n) is 3.84. The summed E-state index contributed by atoms with van der Waals surface area (Å²) < 4.78 is 0. The number of nitrogens with zero attached hydrogens (tertiary/aromatic N) is 1. The van der Waals surface area contributed by atoms with E-state index in [1.807, 2.05) is 33.0 Å². The van der Waals surface area contributed by atoms with Gasteiger partial charge in [0.1, 0.15) is 5.82 Å². The Hall–Kier alpha value is -1.64.